The average molecular weight is 439 g/mol. The van der Waals surface area contributed by atoms with Crippen molar-refractivity contribution in [3.05, 3.63) is 24.0 Å². The summed E-state index contributed by atoms with van der Waals surface area (Å²) in [7, 11) is 0. The third kappa shape index (κ3) is 4.19. The zero-order valence-corrected chi connectivity index (χ0v) is 17.4. The van der Waals surface area contributed by atoms with Gasteiger partial charge in [-0.2, -0.15) is 13.2 Å². The first-order valence-electron chi connectivity index (χ1n) is 11.0. The normalized spacial score (nSPS) is 29.6. The van der Waals surface area contributed by atoms with E-state index in [-0.39, 0.29) is 37.1 Å². The fraction of sp³-hybridized carbons (Fsp3) is 0.714. The predicted molar refractivity (Wildman–Crippen MR) is 108 cm³/mol. The van der Waals surface area contributed by atoms with Crippen molar-refractivity contribution in [2.45, 2.75) is 37.1 Å². The van der Waals surface area contributed by atoms with E-state index in [1.807, 2.05) is 21.9 Å². The second kappa shape index (κ2) is 8.12. The molecule has 1 aromatic heterocycles. The summed E-state index contributed by atoms with van der Waals surface area (Å²) in [5.74, 6) is -1.09. The lowest BCUT2D eigenvalue weighted by atomic mass is 9.95. The van der Waals surface area contributed by atoms with Crippen LogP contribution in [0.4, 0.5) is 23.7 Å². The summed E-state index contributed by atoms with van der Waals surface area (Å²) in [4.78, 5) is 22.8. The highest BCUT2D eigenvalue weighted by molar-refractivity contribution is 5.76. The summed E-state index contributed by atoms with van der Waals surface area (Å²) >= 11 is 0. The molecule has 5 rings (SSSR count). The molecule has 1 aromatic rings. The van der Waals surface area contributed by atoms with Crippen molar-refractivity contribution in [1.82, 2.24) is 20.1 Å². The van der Waals surface area contributed by atoms with E-state index in [4.69, 9.17) is 4.74 Å². The van der Waals surface area contributed by atoms with Crippen molar-refractivity contribution in [3.8, 4) is 0 Å². The number of piperidine rings is 1. The molecule has 10 heteroatoms. The number of alkyl halides is 3. The van der Waals surface area contributed by atoms with Crippen molar-refractivity contribution in [1.29, 1.82) is 0 Å². The van der Waals surface area contributed by atoms with Crippen molar-refractivity contribution in [2.75, 3.05) is 57.3 Å². The number of urea groups is 1. The molecule has 0 bridgehead atoms. The van der Waals surface area contributed by atoms with Crippen LogP contribution in [-0.4, -0.2) is 91.6 Å². The summed E-state index contributed by atoms with van der Waals surface area (Å²) in [5.41, 5.74) is 1.62. The van der Waals surface area contributed by atoms with E-state index in [0.717, 1.165) is 31.0 Å². The van der Waals surface area contributed by atoms with E-state index in [1.54, 1.807) is 11.1 Å². The number of nitrogens with zero attached hydrogens (tertiary/aromatic N) is 4. The van der Waals surface area contributed by atoms with Crippen molar-refractivity contribution >= 4 is 11.7 Å². The average Bonchev–Trinajstić information content (AvgIpc) is 3.24. The number of aromatic nitrogens is 1. The third-order valence-corrected chi connectivity index (χ3v) is 7.02. The van der Waals surface area contributed by atoms with Crippen molar-refractivity contribution in [3.63, 3.8) is 0 Å². The second-order valence-corrected chi connectivity index (χ2v) is 9.00. The predicted octanol–water partition coefficient (Wildman–Crippen LogP) is 2.05. The smallest absolute Gasteiger partial charge is 0.375 e. The van der Waals surface area contributed by atoms with Gasteiger partial charge in [-0.25, -0.2) is 4.79 Å². The molecule has 0 aromatic carbocycles. The largest absolute Gasteiger partial charge is 0.393 e. The Morgan fingerprint density at radius 1 is 1.10 bits per heavy atom. The Morgan fingerprint density at radius 3 is 2.65 bits per heavy atom. The highest BCUT2D eigenvalue weighted by atomic mass is 19.4. The SMILES string of the molecule is O=C(N1CC(c2ccc(N3CC[C@H](C(F)(F)F)C3)cn2)C1)N1CC[C@@H]2OCCN[C@@H]2C1. The number of fused-ring (bicyclic) bond motifs is 1. The van der Waals surface area contributed by atoms with Gasteiger partial charge in [-0.1, -0.05) is 0 Å². The molecular formula is C21H28F3N5O2. The summed E-state index contributed by atoms with van der Waals surface area (Å²) < 4.78 is 44.5. The van der Waals surface area contributed by atoms with Crippen LogP contribution < -0.4 is 10.2 Å². The van der Waals surface area contributed by atoms with Crippen LogP contribution in [0.3, 0.4) is 0 Å². The number of halogens is 3. The monoisotopic (exact) mass is 439 g/mol. The number of pyridine rings is 1. The van der Waals surface area contributed by atoms with Crippen LogP contribution in [-0.2, 0) is 4.74 Å². The first-order valence-corrected chi connectivity index (χ1v) is 11.0. The zero-order valence-electron chi connectivity index (χ0n) is 17.4. The van der Waals surface area contributed by atoms with Gasteiger partial charge in [-0.3, -0.25) is 4.98 Å². The molecule has 7 nitrogen and oxygen atoms in total. The lowest BCUT2D eigenvalue weighted by molar-refractivity contribution is -0.168. The van der Waals surface area contributed by atoms with Crippen LogP contribution in [0.5, 0.6) is 0 Å². The third-order valence-electron chi connectivity index (χ3n) is 7.02. The standard InChI is InChI=1S/C21H28F3N5O2/c22-21(23,24)15-3-6-27(12-15)16-1-2-17(26-9-16)14-10-29(11-14)20(30)28-7-4-19-18(13-28)25-5-8-31-19/h1-2,9,14-15,18-19,25H,3-8,10-13H2/t15-,18+,19-/m0/s1. The second-order valence-electron chi connectivity index (χ2n) is 9.00. The number of anilines is 1. The van der Waals surface area contributed by atoms with Gasteiger partial charge in [0.15, 0.2) is 0 Å². The number of amides is 2. The van der Waals surface area contributed by atoms with Gasteiger partial charge in [-0.15, -0.1) is 0 Å². The molecule has 31 heavy (non-hydrogen) atoms. The Bertz CT molecular complexity index is 799. The van der Waals surface area contributed by atoms with E-state index < -0.39 is 12.1 Å². The maximum atomic E-state index is 12.9. The number of likely N-dealkylation sites (tertiary alicyclic amines) is 2. The first-order chi connectivity index (χ1) is 14.9. The molecule has 0 radical (unpaired) electrons. The van der Waals surface area contributed by atoms with Crippen molar-refractivity contribution < 1.29 is 22.7 Å². The number of morpholine rings is 1. The van der Waals surface area contributed by atoms with Gasteiger partial charge in [0.25, 0.3) is 0 Å². The maximum Gasteiger partial charge on any atom is 0.393 e. The molecule has 4 aliphatic rings. The molecule has 2 amide bonds. The molecule has 4 aliphatic heterocycles. The van der Waals surface area contributed by atoms with Crippen LogP contribution >= 0.6 is 0 Å². The summed E-state index contributed by atoms with van der Waals surface area (Å²) in [6.45, 7) is 4.58. The number of carbonyl (C=O) groups excluding carboxylic acids is 1. The van der Waals surface area contributed by atoms with E-state index >= 15 is 0 Å². The van der Waals surface area contributed by atoms with Crippen LogP contribution in [0.15, 0.2) is 18.3 Å². The van der Waals surface area contributed by atoms with Gasteiger partial charge in [-0.05, 0) is 25.0 Å². The van der Waals surface area contributed by atoms with Crippen LogP contribution in [0, 0.1) is 5.92 Å². The summed E-state index contributed by atoms with van der Waals surface area (Å²) in [6.07, 6.45) is -1.29. The number of nitrogens with one attached hydrogen (secondary N) is 1. The molecule has 0 spiro atoms. The minimum atomic E-state index is -4.14. The Kier molecular flexibility index (Phi) is 5.45. The van der Waals surface area contributed by atoms with Gasteiger partial charge in [0.05, 0.1) is 36.6 Å². The minimum absolute atomic E-state index is 0.00613. The minimum Gasteiger partial charge on any atom is -0.375 e. The van der Waals surface area contributed by atoms with E-state index in [0.29, 0.717) is 32.7 Å². The Hall–Kier alpha value is -2.07. The lowest BCUT2D eigenvalue weighted by Crippen LogP contribution is -2.62. The molecule has 170 valence electrons. The van der Waals surface area contributed by atoms with Gasteiger partial charge in [0, 0.05) is 57.4 Å². The number of rotatable bonds is 2. The number of hydrogen-bond donors (Lipinski definition) is 1. The maximum absolute atomic E-state index is 12.9. The van der Waals surface area contributed by atoms with E-state index in [1.165, 1.54) is 0 Å². The molecule has 4 fully saturated rings. The fourth-order valence-electron chi connectivity index (χ4n) is 5.06. The Balaban J connectivity index is 1.12. The molecule has 5 heterocycles. The van der Waals surface area contributed by atoms with Crippen molar-refractivity contribution in [2.24, 2.45) is 5.92 Å². The lowest BCUT2D eigenvalue weighted by Gasteiger charge is -2.46. The highest BCUT2D eigenvalue weighted by Crippen LogP contribution is 2.36. The van der Waals surface area contributed by atoms with Gasteiger partial charge < -0.3 is 24.8 Å². The fourth-order valence-corrected chi connectivity index (χ4v) is 5.06. The van der Waals surface area contributed by atoms with Crippen LogP contribution in [0.1, 0.15) is 24.5 Å². The van der Waals surface area contributed by atoms with E-state index in [2.05, 4.69) is 10.3 Å². The van der Waals surface area contributed by atoms with E-state index in [9.17, 15) is 18.0 Å². The van der Waals surface area contributed by atoms with Gasteiger partial charge in [0.1, 0.15) is 0 Å². The van der Waals surface area contributed by atoms with Crippen LogP contribution in [0.2, 0.25) is 0 Å². The number of hydrogen-bond acceptors (Lipinski definition) is 5. The number of carbonyl (C=O) groups is 1. The first kappa shape index (κ1) is 20.8. The molecule has 0 unspecified atom stereocenters. The molecule has 3 atom stereocenters. The van der Waals surface area contributed by atoms with Gasteiger partial charge in [0.2, 0.25) is 0 Å². The van der Waals surface area contributed by atoms with Crippen LogP contribution in [0.25, 0.3) is 0 Å². The highest BCUT2D eigenvalue weighted by Gasteiger charge is 2.44. The topological polar surface area (TPSA) is 60.9 Å². The molecule has 0 saturated carbocycles. The van der Waals surface area contributed by atoms with Gasteiger partial charge >= 0.3 is 12.2 Å². The Morgan fingerprint density at radius 2 is 1.94 bits per heavy atom. The number of ether oxygens (including phenoxy) is 1. The quantitative estimate of drug-likeness (QED) is 0.765. The summed E-state index contributed by atoms with van der Waals surface area (Å²) in [5, 5.41) is 3.44. The molecule has 0 aliphatic carbocycles. The molecular weight excluding hydrogens is 411 g/mol. The summed E-state index contributed by atoms with van der Waals surface area (Å²) in [6, 6.07) is 4.01. The molecule has 1 N–H and O–H groups in total. The zero-order chi connectivity index (χ0) is 21.6. The Labute approximate surface area is 179 Å². The molecule has 4 saturated heterocycles.